The third-order valence-electron chi connectivity index (χ3n) is 5.19. The molecular formula is C22H18F3N3O4. The summed E-state index contributed by atoms with van der Waals surface area (Å²) in [6, 6.07) is 9.80. The SMILES string of the molecule is Cc1[nH]c2ccccc2c1C(=O)OC(C)C(=O)N1CC(=O)Nc2cc(C(F)(F)F)ccc21. The van der Waals surface area contributed by atoms with Gasteiger partial charge in [-0.05, 0) is 38.1 Å². The number of esters is 1. The molecule has 2 amide bonds. The molecule has 4 rings (SSSR count). The van der Waals surface area contributed by atoms with Crippen LogP contribution in [-0.4, -0.2) is 35.4 Å². The molecule has 0 spiro atoms. The summed E-state index contributed by atoms with van der Waals surface area (Å²) in [5, 5.41) is 2.98. The number of aromatic amines is 1. The number of aryl methyl sites for hydroxylation is 1. The van der Waals surface area contributed by atoms with Crippen molar-refractivity contribution in [2.45, 2.75) is 26.1 Å². The van der Waals surface area contributed by atoms with Crippen molar-refractivity contribution in [3.63, 3.8) is 0 Å². The van der Waals surface area contributed by atoms with Crippen LogP contribution in [0.5, 0.6) is 0 Å². The molecule has 2 N–H and O–H groups in total. The molecule has 166 valence electrons. The number of carbonyl (C=O) groups is 3. The number of para-hydroxylation sites is 1. The molecule has 10 heteroatoms. The van der Waals surface area contributed by atoms with Crippen LogP contribution in [0.4, 0.5) is 24.5 Å². The molecule has 0 saturated heterocycles. The van der Waals surface area contributed by atoms with E-state index in [2.05, 4.69) is 10.3 Å². The van der Waals surface area contributed by atoms with Crippen molar-refractivity contribution in [2.75, 3.05) is 16.8 Å². The number of anilines is 2. The average Bonchev–Trinajstić information content (AvgIpc) is 3.07. The summed E-state index contributed by atoms with van der Waals surface area (Å²) in [5.74, 6) is -2.11. The molecule has 32 heavy (non-hydrogen) atoms. The Bertz CT molecular complexity index is 1250. The molecule has 1 aromatic heterocycles. The predicted molar refractivity (Wildman–Crippen MR) is 110 cm³/mol. The average molecular weight is 445 g/mol. The lowest BCUT2D eigenvalue weighted by molar-refractivity contribution is -0.137. The zero-order valence-corrected chi connectivity index (χ0v) is 17.0. The van der Waals surface area contributed by atoms with Gasteiger partial charge in [0.25, 0.3) is 5.91 Å². The second kappa shape index (κ2) is 7.70. The summed E-state index contributed by atoms with van der Waals surface area (Å²) in [7, 11) is 0. The molecule has 0 radical (unpaired) electrons. The van der Waals surface area contributed by atoms with Gasteiger partial charge >= 0.3 is 12.1 Å². The van der Waals surface area contributed by atoms with Gasteiger partial charge in [0.1, 0.15) is 6.54 Å². The highest BCUT2D eigenvalue weighted by Gasteiger charge is 2.36. The molecule has 0 bridgehead atoms. The summed E-state index contributed by atoms with van der Waals surface area (Å²) < 4.78 is 44.4. The van der Waals surface area contributed by atoms with Gasteiger partial charge in [-0.25, -0.2) is 4.79 Å². The van der Waals surface area contributed by atoms with Gasteiger partial charge in [0, 0.05) is 16.6 Å². The minimum atomic E-state index is -4.61. The van der Waals surface area contributed by atoms with E-state index in [0.29, 0.717) is 11.1 Å². The van der Waals surface area contributed by atoms with E-state index in [4.69, 9.17) is 4.74 Å². The molecule has 7 nitrogen and oxygen atoms in total. The van der Waals surface area contributed by atoms with Gasteiger partial charge in [-0.2, -0.15) is 13.2 Å². The van der Waals surface area contributed by atoms with Crippen molar-refractivity contribution in [2.24, 2.45) is 0 Å². The van der Waals surface area contributed by atoms with Crippen LogP contribution in [0.3, 0.4) is 0 Å². The Labute approximate surface area is 180 Å². The standard InChI is InChI=1S/C22H18F3N3O4/c1-11-19(14-5-3-4-6-15(14)26-11)21(31)32-12(2)20(30)28-10-18(29)27-16-9-13(22(23,24)25)7-8-17(16)28/h3-9,12,26H,10H2,1-2H3,(H,27,29). The second-order valence-electron chi connectivity index (χ2n) is 7.42. The molecule has 1 aliphatic rings. The first-order valence-electron chi connectivity index (χ1n) is 9.67. The quantitative estimate of drug-likeness (QED) is 0.596. The van der Waals surface area contributed by atoms with E-state index in [1.165, 1.54) is 6.92 Å². The minimum absolute atomic E-state index is 0.0915. The Morgan fingerprint density at radius 3 is 2.59 bits per heavy atom. The lowest BCUT2D eigenvalue weighted by Crippen LogP contribution is -2.47. The molecular weight excluding hydrogens is 427 g/mol. The Hall–Kier alpha value is -3.82. The third kappa shape index (κ3) is 3.79. The summed E-state index contributed by atoms with van der Waals surface area (Å²) >= 11 is 0. The zero-order chi connectivity index (χ0) is 23.2. The minimum Gasteiger partial charge on any atom is -0.449 e. The van der Waals surface area contributed by atoms with E-state index >= 15 is 0 Å². The second-order valence-corrected chi connectivity index (χ2v) is 7.42. The van der Waals surface area contributed by atoms with Crippen molar-refractivity contribution >= 4 is 40.1 Å². The summed E-state index contributed by atoms with van der Waals surface area (Å²) in [5.41, 5.74) is 0.576. The number of rotatable bonds is 3. The summed E-state index contributed by atoms with van der Waals surface area (Å²) in [4.78, 5) is 41.9. The summed E-state index contributed by atoms with van der Waals surface area (Å²) in [6.07, 6.45) is -5.89. The Morgan fingerprint density at radius 2 is 1.88 bits per heavy atom. The van der Waals surface area contributed by atoms with E-state index in [-0.39, 0.29) is 16.9 Å². The van der Waals surface area contributed by atoms with Crippen LogP contribution < -0.4 is 10.2 Å². The van der Waals surface area contributed by atoms with Crippen molar-refractivity contribution in [3.05, 3.63) is 59.3 Å². The number of carbonyl (C=O) groups excluding carboxylic acids is 3. The van der Waals surface area contributed by atoms with Crippen LogP contribution in [0.2, 0.25) is 0 Å². The van der Waals surface area contributed by atoms with Gasteiger partial charge in [-0.15, -0.1) is 0 Å². The number of nitrogens with one attached hydrogen (secondary N) is 2. The fourth-order valence-electron chi connectivity index (χ4n) is 3.69. The van der Waals surface area contributed by atoms with Crippen molar-refractivity contribution in [1.82, 2.24) is 4.98 Å². The lowest BCUT2D eigenvalue weighted by atomic mass is 10.1. The van der Waals surface area contributed by atoms with Gasteiger partial charge in [0.05, 0.1) is 22.5 Å². The first kappa shape index (κ1) is 21.4. The van der Waals surface area contributed by atoms with Gasteiger partial charge < -0.3 is 15.0 Å². The summed E-state index contributed by atoms with van der Waals surface area (Å²) in [6.45, 7) is 2.64. The zero-order valence-electron chi connectivity index (χ0n) is 17.0. The fourth-order valence-corrected chi connectivity index (χ4v) is 3.69. The number of halogens is 3. The van der Waals surface area contributed by atoms with Crippen LogP contribution in [0.1, 0.15) is 28.5 Å². The van der Waals surface area contributed by atoms with Crippen LogP contribution in [0.25, 0.3) is 10.9 Å². The number of hydrogen-bond donors (Lipinski definition) is 2. The predicted octanol–water partition coefficient (Wildman–Crippen LogP) is 4.03. The van der Waals surface area contributed by atoms with E-state index < -0.39 is 42.2 Å². The number of benzene rings is 2. The highest BCUT2D eigenvalue weighted by molar-refractivity contribution is 6.12. The fraction of sp³-hybridized carbons (Fsp3) is 0.227. The number of aromatic nitrogens is 1. The van der Waals surface area contributed by atoms with Gasteiger partial charge in [-0.1, -0.05) is 18.2 Å². The number of H-pyrrole nitrogens is 1. The number of hydrogen-bond acceptors (Lipinski definition) is 4. The van der Waals surface area contributed by atoms with E-state index in [9.17, 15) is 27.6 Å². The van der Waals surface area contributed by atoms with E-state index in [1.807, 2.05) is 6.07 Å². The normalized spacial score (nSPS) is 14.7. The highest BCUT2D eigenvalue weighted by Crippen LogP contribution is 2.37. The number of nitrogens with zero attached hydrogens (tertiary/aromatic N) is 1. The third-order valence-corrected chi connectivity index (χ3v) is 5.19. The molecule has 1 unspecified atom stereocenters. The molecule has 0 aliphatic carbocycles. The van der Waals surface area contributed by atoms with Gasteiger partial charge in [-0.3, -0.25) is 14.5 Å². The van der Waals surface area contributed by atoms with Gasteiger partial charge in [0.2, 0.25) is 5.91 Å². The molecule has 2 aromatic carbocycles. The van der Waals surface area contributed by atoms with Crippen molar-refractivity contribution in [1.29, 1.82) is 0 Å². The molecule has 2 heterocycles. The maximum absolute atomic E-state index is 13.0. The van der Waals surface area contributed by atoms with Crippen LogP contribution in [0.15, 0.2) is 42.5 Å². The highest BCUT2D eigenvalue weighted by atomic mass is 19.4. The largest absolute Gasteiger partial charge is 0.449 e. The first-order valence-corrected chi connectivity index (χ1v) is 9.67. The van der Waals surface area contributed by atoms with Crippen LogP contribution in [-0.2, 0) is 20.5 Å². The van der Waals surface area contributed by atoms with Crippen molar-refractivity contribution in [3.8, 4) is 0 Å². The monoisotopic (exact) mass is 445 g/mol. The molecule has 3 aromatic rings. The Balaban J connectivity index is 1.59. The Morgan fingerprint density at radius 1 is 1.16 bits per heavy atom. The molecule has 1 atom stereocenters. The van der Waals surface area contributed by atoms with Crippen molar-refractivity contribution < 1.29 is 32.3 Å². The van der Waals surface area contributed by atoms with Crippen LogP contribution in [0, 0.1) is 6.92 Å². The maximum Gasteiger partial charge on any atom is 0.416 e. The topological polar surface area (TPSA) is 91.5 Å². The number of alkyl halides is 3. The molecule has 0 fully saturated rings. The van der Waals surface area contributed by atoms with E-state index in [0.717, 1.165) is 28.6 Å². The smallest absolute Gasteiger partial charge is 0.416 e. The number of amides is 2. The first-order chi connectivity index (χ1) is 15.1. The van der Waals surface area contributed by atoms with Gasteiger partial charge in [0.15, 0.2) is 6.10 Å². The number of ether oxygens (including phenoxy) is 1. The number of fused-ring (bicyclic) bond motifs is 2. The van der Waals surface area contributed by atoms with Crippen LogP contribution >= 0.6 is 0 Å². The maximum atomic E-state index is 13.0. The lowest BCUT2D eigenvalue weighted by Gasteiger charge is -2.31. The van der Waals surface area contributed by atoms with E-state index in [1.54, 1.807) is 25.1 Å². The molecule has 1 aliphatic heterocycles. The molecule has 0 saturated carbocycles. The Kier molecular flexibility index (Phi) is 5.15.